The van der Waals surface area contributed by atoms with E-state index in [2.05, 4.69) is 31.7 Å². The Kier molecular flexibility index (Phi) is 5.80. The monoisotopic (exact) mass is 353 g/mol. The van der Waals surface area contributed by atoms with Crippen LogP contribution >= 0.6 is 11.6 Å². The maximum Gasteiger partial charge on any atom is 0.224 e. The summed E-state index contributed by atoms with van der Waals surface area (Å²) in [5.41, 5.74) is 3.20. The molecule has 0 bridgehead atoms. The maximum atomic E-state index is 6.01. The zero-order valence-electron chi connectivity index (χ0n) is 14.0. The van der Waals surface area contributed by atoms with Crippen LogP contribution in [-0.4, -0.2) is 21.5 Å². The number of benzene rings is 1. The molecule has 0 amide bonds. The van der Waals surface area contributed by atoms with Gasteiger partial charge < -0.3 is 10.6 Å². The first kappa shape index (κ1) is 17.2. The van der Waals surface area contributed by atoms with Crippen molar-refractivity contribution in [3.05, 3.63) is 76.7 Å². The van der Waals surface area contributed by atoms with Crippen LogP contribution in [0.1, 0.15) is 16.8 Å². The predicted molar refractivity (Wildman–Crippen MR) is 102 cm³/mol. The molecule has 3 rings (SSSR count). The molecule has 5 nitrogen and oxygen atoms in total. The third-order valence-corrected chi connectivity index (χ3v) is 3.87. The molecule has 0 fully saturated rings. The van der Waals surface area contributed by atoms with Crippen LogP contribution in [0.5, 0.6) is 0 Å². The molecule has 0 saturated heterocycles. The molecule has 25 heavy (non-hydrogen) atoms. The van der Waals surface area contributed by atoms with Crippen molar-refractivity contribution in [2.45, 2.75) is 19.9 Å². The number of anilines is 2. The summed E-state index contributed by atoms with van der Waals surface area (Å²) in [6.07, 6.45) is 4.46. The molecular weight excluding hydrogens is 334 g/mol. The Labute approximate surface area is 152 Å². The smallest absolute Gasteiger partial charge is 0.224 e. The van der Waals surface area contributed by atoms with E-state index in [0.717, 1.165) is 35.1 Å². The summed E-state index contributed by atoms with van der Waals surface area (Å²) in [5, 5.41) is 7.34. The normalized spacial score (nSPS) is 10.5. The van der Waals surface area contributed by atoms with Gasteiger partial charge in [0, 0.05) is 42.3 Å². The number of halogens is 1. The highest BCUT2D eigenvalue weighted by molar-refractivity contribution is 6.30. The number of nitrogens with zero attached hydrogens (tertiary/aromatic N) is 3. The van der Waals surface area contributed by atoms with Gasteiger partial charge in [-0.05, 0) is 42.7 Å². The molecule has 1 aromatic carbocycles. The number of nitrogens with one attached hydrogen (secondary N) is 2. The quantitative estimate of drug-likeness (QED) is 0.669. The molecule has 0 atom stereocenters. The number of aryl methyl sites for hydroxylation is 1. The van der Waals surface area contributed by atoms with Gasteiger partial charge in [0.1, 0.15) is 5.82 Å². The van der Waals surface area contributed by atoms with E-state index in [1.165, 1.54) is 5.56 Å². The fourth-order valence-electron chi connectivity index (χ4n) is 2.44. The third kappa shape index (κ3) is 5.43. The molecule has 128 valence electrons. The number of aromatic nitrogens is 3. The molecule has 3 aromatic rings. The average Bonchev–Trinajstić information content (AvgIpc) is 2.61. The Morgan fingerprint density at radius 3 is 2.68 bits per heavy atom. The Balaban J connectivity index is 1.57. The molecule has 0 aliphatic carbocycles. The highest BCUT2D eigenvalue weighted by Gasteiger charge is 2.03. The summed E-state index contributed by atoms with van der Waals surface area (Å²) in [4.78, 5) is 13.1. The fraction of sp³-hybridized carbons (Fsp3) is 0.211. The van der Waals surface area contributed by atoms with Gasteiger partial charge in [-0.2, -0.15) is 4.98 Å². The number of pyridine rings is 1. The van der Waals surface area contributed by atoms with E-state index in [0.29, 0.717) is 12.5 Å². The SMILES string of the molecule is Cc1cc(NCc2cccnc2)nc(NCCc2cccc(Cl)c2)n1. The largest absolute Gasteiger partial charge is 0.366 e. The van der Waals surface area contributed by atoms with Crippen molar-refractivity contribution in [2.24, 2.45) is 0 Å². The summed E-state index contributed by atoms with van der Waals surface area (Å²) < 4.78 is 0. The van der Waals surface area contributed by atoms with Gasteiger partial charge in [-0.1, -0.05) is 29.8 Å². The predicted octanol–water partition coefficient (Wildman–Crippen LogP) is 4.10. The summed E-state index contributed by atoms with van der Waals surface area (Å²) in [6.45, 7) is 3.37. The minimum Gasteiger partial charge on any atom is -0.366 e. The van der Waals surface area contributed by atoms with E-state index in [1.807, 2.05) is 49.5 Å². The van der Waals surface area contributed by atoms with Gasteiger partial charge in [-0.25, -0.2) is 4.98 Å². The molecule has 0 aliphatic rings. The van der Waals surface area contributed by atoms with E-state index in [-0.39, 0.29) is 0 Å². The lowest BCUT2D eigenvalue weighted by Gasteiger charge is -2.10. The highest BCUT2D eigenvalue weighted by Crippen LogP contribution is 2.13. The van der Waals surface area contributed by atoms with Gasteiger partial charge in [-0.3, -0.25) is 4.98 Å². The minimum absolute atomic E-state index is 0.621. The van der Waals surface area contributed by atoms with E-state index in [1.54, 1.807) is 6.20 Å². The van der Waals surface area contributed by atoms with E-state index in [4.69, 9.17) is 11.6 Å². The fourth-order valence-corrected chi connectivity index (χ4v) is 2.66. The van der Waals surface area contributed by atoms with Crippen molar-refractivity contribution in [1.29, 1.82) is 0 Å². The number of rotatable bonds is 7. The van der Waals surface area contributed by atoms with Crippen LogP contribution in [0.4, 0.5) is 11.8 Å². The minimum atomic E-state index is 0.621. The molecule has 2 heterocycles. The van der Waals surface area contributed by atoms with Crippen LogP contribution in [0, 0.1) is 6.92 Å². The first-order chi connectivity index (χ1) is 12.2. The molecule has 6 heteroatoms. The van der Waals surface area contributed by atoms with Gasteiger partial charge in [0.25, 0.3) is 0 Å². The maximum absolute atomic E-state index is 6.01. The standard InChI is InChI=1S/C19H20ClN5/c1-14-10-18(23-13-16-5-3-8-21-12-16)25-19(24-14)22-9-7-15-4-2-6-17(20)11-15/h2-6,8,10-12H,7,9,13H2,1H3,(H2,22,23,24,25). The summed E-state index contributed by atoms with van der Waals surface area (Å²) in [5.74, 6) is 1.41. The van der Waals surface area contributed by atoms with Crippen molar-refractivity contribution < 1.29 is 0 Å². The van der Waals surface area contributed by atoms with Crippen molar-refractivity contribution >= 4 is 23.4 Å². The van der Waals surface area contributed by atoms with Gasteiger partial charge in [-0.15, -0.1) is 0 Å². The van der Waals surface area contributed by atoms with Gasteiger partial charge in [0.15, 0.2) is 0 Å². The van der Waals surface area contributed by atoms with Gasteiger partial charge >= 0.3 is 0 Å². The molecule has 0 spiro atoms. The summed E-state index contributed by atoms with van der Waals surface area (Å²) in [7, 11) is 0. The van der Waals surface area contributed by atoms with Crippen molar-refractivity contribution in [1.82, 2.24) is 15.0 Å². The van der Waals surface area contributed by atoms with Crippen LogP contribution in [0.15, 0.2) is 54.9 Å². The van der Waals surface area contributed by atoms with Crippen molar-refractivity contribution in [3.8, 4) is 0 Å². The lowest BCUT2D eigenvalue weighted by molar-refractivity contribution is 0.969. The number of hydrogen-bond acceptors (Lipinski definition) is 5. The Morgan fingerprint density at radius 1 is 1.00 bits per heavy atom. The van der Waals surface area contributed by atoms with Crippen molar-refractivity contribution in [3.63, 3.8) is 0 Å². The second-order valence-corrected chi connectivity index (χ2v) is 6.18. The lowest BCUT2D eigenvalue weighted by atomic mass is 10.1. The molecule has 0 radical (unpaired) electrons. The molecular formula is C19H20ClN5. The van der Waals surface area contributed by atoms with Gasteiger partial charge in [0.05, 0.1) is 0 Å². The van der Waals surface area contributed by atoms with E-state index in [9.17, 15) is 0 Å². The number of hydrogen-bond donors (Lipinski definition) is 2. The van der Waals surface area contributed by atoms with Gasteiger partial charge in [0.2, 0.25) is 5.95 Å². The Bertz CT molecular complexity index is 823. The van der Waals surface area contributed by atoms with Crippen LogP contribution in [0.2, 0.25) is 5.02 Å². The zero-order valence-corrected chi connectivity index (χ0v) is 14.8. The Morgan fingerprint density at radius 2 is 1.88 bits per heavy atom. The summed E-state index contributed by atoms with van der Waals surface area (Å²) in [6, 6.07) is 13.7. The van der Waals surface area contributed by atoms with Crippen molar-refractivity contribution in [2.75, 3.05) is 17.2 Å². The molecule has 2 aromatic heterocycles. The third-order valence-electron chi connectivity index (χ3n) is 3.64. The first-order valence-corrected chi connectivity index (χ1v) is 8.53. The highest BCUT2D eigenvalue weighted by atomic mass is 35.5. The topological polar surface area (TPSA) is 62.7 Å². The molecule has 0 saturated carbocycles. The van der Waals surface area contributed by atoms with E-state index < -0.39 is 0 Å². The second-order valence-electron chi connectivity index (χ2n) is 5.74. The Hall–Kier alpha value is -2.66. The lowest BCUT2D eigenvalue weighted by Crippen LogP contribution is -2.10. The zero-order chi connectivity index (χ0) is 17.5. The van der Waals surface area contributed by atoms with Crippen LogP contribution < -0.4 is 10.6 Å². The molecule has 2 N–H and O–H groups in total. The average molecular weight is 354 g/mol. The van der Waals surface area contributed by atoms with Crippen LogP contribution in [0.3, 0.4) is 0 Å². The molecule has 0 aliphatic heterocycles. The molecule has 0 unspecified atom stereocenters. The van der Waals surface area contributed by atoms with E-state index >= 15 is 0 Å². The second kappa shape index (κ2) is 8.44. The summed E-state index contributed by atoms with van der Waals surface area (Å²) >= 11 is 6.01. The first-order valence-electron chi connectivity index (χ1n) is 8.16. The van der Waals surface area contributed by atoms with Crippen LogP contribution in [0.25, 0.3) is 0 Å². The van der Waals surface area contributed by atoms with Crippen LogP contribution in [-0.2, 0) is 13.0 Å².